The molecule has 2 nitrogen and oxygen atoms in total. The Morgan fingerprint density at radius 3 is 2.67 bits per heavy atom. The van der Waals surface area contributed by atoms with Crippen molar-refractivity contribution in [1.29, 1.82) is 0 Å². The molecule has 0 radical (unpaired) electrons. The van der Waals surface area contributed by atoms with E-state index in [-0.39, 0.29) is 0 Å². The van der Waals surface area contributed by atoms with Gasteiger partial charge in [-0.05, 0) is 17.0 Å². The molecule has 4 heteroatoms. The second-order valence-corrected chi connectivity index (χ2v) is 5.93. The van der Waals surface area contributed by atoms with Crippen LogP contribution in [-0.2, 0) is 5.75 Å². The van der Waals surface area contributed by atoms with Crippen molar-refractivity contribution >= 4 is 39.8 Å². The van der Waals surface area contributed by atoms with Crippen molar-refractivity contribution in [2.45, 2.75) is 10.6 Å². The molecule has 0 aliphatic carbocycles. The third-order valence-corrected chi connectivity index (χ3v) is 4.52. The van der Waals surface area contributed by atoms with E-state index in [4.69, 9.17) is 18.2 Å². The van der Waals surface area contributed by atoms with Gasteiger partial charge in [-0.25, -0.2) is 4.85 Å². The summed E-state index contributed by atoms with van der Waals surface area (Å²) < 4.78 is 0. The van der Waals surface area contributed by atoms with Crippen molar-refractivity contribution in [3.63, 3.8) is 0 Å². The second kappa shape index (κ2) is 6.17. The number of hydrogen-bond acceptors (Lipinski definition) is 2. The van der Waals surface area contributed by atoms with Crippen molar-refractivity contribution in [2.24, 2.45) is 0 Å². The van der Waals surface area contributed by atoms with E-state index in [1.54, 1.807) is 11.8 Å². The molecule has 0 saturated carbocycles. The molecule has 0 fully saturated rings. The molecule has 2 aromatic carbocycles. The van der Waals surface area contributed by atoms with E-state index < -0.39 is 0 Å². The Morgan fingerprint density at radius 1 is 1.10 bits per heavy atom. The van der Waals surface area contributed by atoms with Gasteiger partial charge in [0.2, 0.25) is 5.69 Å². The zero-order valence-electron chi connectivity index (χ0n) is 11.1. The van der Waals surface area contributed by atoms with Gasteiger partial charge in [0.25, 0.3) is 0 Å². The summed E-state index contributed by atoms with van der Waals surface area (Å²) in [7, 11) is 0. The van der Waals surface area contributed by atoms with Gasteiger partial charge < -0.3 is 0 Å². The Morgan fingerprint density at radius 2 is 1.90 bits per heavy atom. The van der Waals surface area contributed by atoms with Gasteiger partial charge in [-0.1, -0.05) is 54.1 Å². The number of hydrogen-bond donors (Lipinski definition) is 0. The smallest absolute Gasteiger partial charge is 0.212 e. The van der Waals surface area contributed by atoms with E-state index in [9.17, 15) is 0 Å². The Balaban J connectivity index is 1.92. The molecule has 0 saturated heterocycles. The largest absolute Gasteiger partial charge is 0.255 e. The maximum absolute atomic E-state index is 7.24. The van der Waals surface area contributed by atoms with Gasteiger partial charge in [0.1, 0.15) is 5.15 Å². The van der Waals surface area contributed by atoms with Crippen LogP contribution in [0.2, 0.25) is 5.15 Å². The molecular formula is C17H11ClN2S. The van der Waals surface area contributed by atoms with E-state index in [1.807, 2.05) is 36.4 Å². The van der Waals surface area contributed by atoms with Crippen LogP contribution in [0.3, 0.4) is 0 Å². The minimum atomic E-state index is 0.442. The third-order valence-electron chi connectivity index (χ3n) is 3.16. The quantitative estimate of drug-likeness (QED) is 0.349. The number of aromatic nitrogens is 1. The fourth-order valence-corrected chi connectivity index (χ4v) is 3.20. The molecule has 1 heterocycles. The van der Waals surface area contributed by atoms with Gasteiger partial charge in [-0.3, -0.25) is 4.98 Å². The van der Waals surface area contributed by atoms with Gasteiger partial charge in [0.05, 0.1) is 6.57 Å². The van der Waals surface area contributed by atoms with Crippen LogP contribution < -0.4 is 0 Å². The van der Waals surface area contributed by atoms with E-state index in [0.717, 1.165) is 21.4 Å². The molecule has 3 aromatic rings. The van der Waals surface area contributed by atoms with Gasteiger partial charge >= 0.3 is 0 Å². The highest BCUT2D eigenvalue weighted by Gasteiger charge is 2.07. The van der Waals surface area contributed by atoms with Gasteiger partial charge in [-0.15, -0.1) is 11.8 Å². The standard InChI is InChI=1S/C17H11ClN2S/c1-19-16-10-20-17(18)14-8-7-13(9-15(14)16)21-11-12-5-3-2-4-6-12/h2-10H,11H2. The van der Waals surface area contributed by atoms with Crippen LogP contribution in [0.25, 0.3) is 15.6 Å². The number of pyridine rings is 1. The van der Waals surface area contributed by atoms with Crippen molar-refractivity contribution in [2.75, 3.05) is 0 Å². The highest BCUT2D eigenvalue weighted by atomic mass is 35.5. The van der Waals surface area contributed by atoms with Crippen LogP contribution in [0.1, 0.15) is 5.56 Å². The molecule has 0 bridgehead atoms. The average Bonchev–Trinajstić information content (AvgIpc) is 2.54. The fraction of sp³-hybridized carbons (Fsp3) is 0.0588. The van der Waals surface area contributed by atoms with E-state index in [1.165, 1.54) is 11.8 Å². The molecule has 1 aromatic heterocycles. The SMILES string of the molecule is [C-]#[N+]c1cnc(Cl)c2ccc(SCc3ccccc3)cc12. The highest BCUT2D eigenvalue weighted by Crippen LogP contribution is 2.34. The number of thioether (sulfide) groups is 1. The van der Waals surface area contributed by atoms with E-state index in [2.05, 4.69) is 22.0 Å². The summed E-state index contributed by atoms with van der Waals surface area (Å²) in [5.74, 6) is 0.901. The molecular weight excluding hydrogens is 300 g/mol. The van der Waals surface area contributed by atoms with Crippen LogP contribution in [-0.4, -0.2) is 4.98 Å². The molecule has 0 unspecified atom stereocenters. The zero-order valence-corrected chi connectivity index (χ0v) is 12.7. The van der Waals surface area contributed by atoms with Crippen molar-refractivity contribution < 1.29 is 0 Å². The molecule has 3 rings (SSSR count). The van der Waals surface area contributed by atoms with Crippen molar-refractivity contribution in [1.82, 2.24) is 4.98 Å². The Kier molecular flexibility index (Phi) is 4.10. The summed E-state index contributed by atoms with van der Waals surface area (Å²) in [5, 5.41) is 2.13. The van der Waals surface area contributed by atoms with Crippen LogP contribution in [0.15, 0.2) is 59.6 Å². The summed E-state index contributed by atoms with van der Waals surface area (Å²) in [6.07, 6.45) is 1.53. The number of fused-ring (bicyclic) bond motifs is 1. The monoisotopic (exact) mass is 310 g/mol. The number of halogens is 1. The fourth-order valence-electron chi connectivity index (χ4n) is 2.09. The zero-order chi connectivity index (χ0) is 14.7. The Labute approximate surface area is 132 Å². The number of rotatable bonds is 3. The van der Waals surface area contributed by atoms with Crippen LogP contribution in [0, 0.1) is 6.57 Å². The molecule has 102 valence electrons. The topological polar surface area (TPSA) is 17.2 Å². The maximum atomic E-state index is 7.24. The lowest BCUT2D eigenvalue weighted by atomic mass is 10.1. The van der Waals surface area contributed by atoms with Crippen LogP contribution in [0.4, 0.5) is 5.69 Å². The summed E-state index contributed by atoms with van der Waals surface area (Å²) in [6, 6.07) is 16.3. The molecule has 0 amide bonds. The highest BCUT2D eigenvalue weighted by molar-refractivity contribution is 7.98. The lowest BCUT2D eigenvalue weighted by Crippen LogP contribution is -1.83. The summed E-state index contributed by atoms with van der Waals surface area (Å²) in [5.41, 5.74) is 1.82. The van der Waals surface area contributed by atoms with Gasteiger partial charge in [-0.2, -0.15) is 0 Å². The van der Waals surface area contributed by atoms with E-state index in [0.29, 0.717) is 10.8 Å². The molecule has 21 heavy (non-hydrogen) atoms. The van der Waals surface area contributed by atoms with Crippen molar-refractivity contribution in [3.8, 4) is 0 Å². The summed E-state index contributed by atoms with van der Waals surface area (Å²) in [4.78, 5) is 8.69. The minimum Gasteiger partial charge on any atom is -0.255 e. The Hall–Kier alpha value is -2.02. The first kappa shape index (κ1) is 13.9. The van der Waals surface area contributed by atoms with Gasteiger partial charge in [0, 0.05) is 22.2 Å². The first-order valence-electron chi connectivity index (χ1n) is 6.40. The van der Waals surface area contributed by atoms with Crippen LogP contribution >= 0.6 is 23.4 Å². The first-order valence-corrected chi connectivity index (χ1v) is 7.77. The molecule has 0 N–H and O–H groups in total. The predicted octanol–water partition coefficient (Wildman–Crippen LogP) is 5.73. The maximum Gasteiger partial charge on any atom is 0.212 e. The van der Waals surface area contributed by atoms with Crippen LogP contribution in [0.5, 0.6) is 0 Å². The third kappa shape index (κ3) is 3.02. The van der Waals surface area contributed by atoms with Crippen molar-refractivity contribution in [3.05, 3.63) is 76.9 Å². The lowest BCUT2D eigenvalue weighted by molar-refractivity contribution is 1.35. The normalized spacial score (nSPS) is 10.5. The summed E-state index contributed by atoms with van der Waals surface area (Å²) >= 11 is 7.84. The number of benzene rings is 2. The molecule has 0 atom stereocenters. The predicted molar refractivity (Wildman–Crippen MR) is 89.0 cm³/mol. The Bertz CT molecular complexity index is 825. The molecule has 0 spiro atoms. The number of nitrogens with zero attached hydrogens (tertiary/aromatic N) is 2. The van der Waals surface area contributed by atoms with Gasteiger partial charge in [0.15, 0.2) is 0 Å². The lowest BCUT2D eigenvalue weighted by Gasteiger charge is -2.06. The molecule has 0 aliphatic rings. The first-order chi connectivity index (χ1) is 10.3. The van der Waals surface area contributed by atoms with E-state index >= 15 is 0 Å². The molecule has 0 aliphatic heterocycles. The average molecular weight is 311 g/mol. The summed E-state index contributed by atoms with van der Waals surface area (Å²) in [6.45, 7) is 7.24. The minimum absolute atomic E-state index is 0.442. The second-order valence-electron chi connectivity index (χ2n) is 4.53.